The van der Waals surface area contributed by atoms with E-state index in [9.17, 15) is 31.5 Å². The number of hydrogen-bond donors (Lipinski definition) is 1. The van der Waals surface area contributed by atoms with E-state index < -0.39 is 31.6 Å². The number of ether oxygens (including phenoxy) is 1. The van der Waals surface area contributed by atoms with Crippen LogP contribution < -0.4 is 0 Å². The van der Waals surface area contributed by atoms with Crippen molar-refractivity contribution in [1.29, 1.82) is 0 Å². The fourth-order valence-corrected chi connectivity index (χ4v) is 6.12. The molecule has 0 aromatic heterocycles. The molecular weight excluding hydrogens is 601 g/mol. The van der Waals surface area contributed by atoms with Gasteiger partial charge in [-0.2, -0.15) is 0 Å². The number of allylic oxidation sites excluding steroid dienone is 3. The Hall–Kier alpha value is -5.06. The maximum atomic E-state index is 13.4. The van der Waals surface area contributed by atoms with E-state index in [0.717, 1.165) is 12.5 Å². The van der Waals surface area contributed by atoms with Gasteiger partial charge in [0.25, 0.3) is 0 Å². The first kappa shape index (κ1) is 30.4. The lowest BCUT2D eigenvalue weighted by atomic mass is 9.91. The number of sulfone groups is 2. The van der Waals surface area contributed by atoms with E-state index in [4.69, 9.17) is 4.74 Å². The largest absolute Gasteiger partial charge is 0.478 e. The number of cyclic esters (lactones) is 1. The van der Waals surface area contributed by atoms with Crippen LogP contribution in [0.4, 0.5) is 0 Å². The molecule has 0 fully saturated rings. The van der Waals surface area contributed by atoms with Crippen molar-refractivity contribution in [3.05, 3.63) is 143 Å². The van der Waals surface area contributed by atoms with E-state index in [0.29, 0.717) is 27.8 Å². The highest BCUT2D eigenvalue weighted by atomic mass is 32.2. The molecule has 0 aliphatic carbocycles. The molecule has 4 aromatic carbocycles. The molecule has 8 nitrogen and oxygen atoms in total. The first-order chi connectivity index (χ1) is 20.8. The van der Waals surface area contributed by atoms with Crippen LogP contribution in [0.2, 0.25) is 0 Å². The Balaban J connectivity index is 1.82. The minimum atomic E-state index is -3.53. The quantitative estimate of drug-likeness (QED) is 0.153. The number of esters is 1. The highest BCUT2D eigenvalue weighted by Crippen LogP contribution is 2.42. The molecule has 1 aliphatic heterocycles. The standard InChI is InChI=1S/C34H26O8S2/c1-43(38,39)26-17-13-22(14-18-26)28(30(33(35)36)23-9-5-3-6-10-23)21-29-31(25-15-19-27(20-16-25)44(2,40)41)32(34(37)42-29)24-11-7-4-8-12-24/h3-21H,1-2H3,(H,35,36)/b29-21-,30-28+. The zero-order chi connectivity index (χ0) is 31.6. The Kier molecular flexibility index (Phi) is 8.23. The van der Waals surface area contributed by atoms with Crippen LogP contribution in [0.1, 0.15) is 22.3 Å². The third-order valence-electron chi connectivity index (χ3n) is 6.95. The number of rotatable bonds is 8. The second kappa shape index (κ2) is 11.9. The number of carboxylic acid groups (broad SMARTS) is 1. The van der Waals surface area contributed by atoms with Gasteiger partial charge in [-0.3, -0.25) is 0 Å². The van der Waals surface area contributed by atoms with Gasteiger partial charge in [-0.1, -0.05) is 84.9 Å². The van der Waals surface area contributed by atoms with Gasteiger partial charge in [0.1, 0.15) is 5.76 Å². The van der Waals surface area contributed by atoms with Crippen LogP contribution in [-0.2, 0) is 34.0 Å². The minimum absolute atomic E-state index is 0.0397. The zero-order valence-corrected chi connectivity index (χ0v) is 25.2. The summed E-state index contributed by atoms with van der Waals surface area (Å²) in [5.74, 6) is -1.89. The van der Waals surface area contributed by atoms with Crippen molar-refractivity contribution in [2.24, 2.45) is 0 Å². The fraction of sp³-hybridized carbons (Fsp3) is 0.0588. The van der Waals surface area contributed by atoms with Crippen molar-refractivity contribution < 1.29 is 36.3 Å². The molecule has 44 heavy (non-hydrogen) atoms. The number of carbonyl (C=O) groups is 2. The Morgan fingerprint density at radius 3 is 1.61 bits per heavy atom. The normalized spacial score (nSPS) is 15.2. The molecule has 0 amide bonds. The summed E-state index contributed by atoms with van der Waals surface area (Å²) in [4.78, 5) is 26.4. The Bertz CT molecular complexity index is 2070. The van der Waals surface area contributed by atoms with E-state index in [1.807, 2.05) is 0 Å². The molecule has 1 N–H and O–H groups in total. The minimum Gasteiger partial charge on any atom is -0.478 e. The molecule has 0 saturated heterocycles. The van der Waals surface area contributed by atoms with Gasteiger partial charge in [0.05, 0.1) is 20.9 Å². The molecular formula is C34H26O8S2. The summed E-state index contributed by atoms with van der Waals surface area (Å²) in [6, 6.07) is 28.9. The molecule has 1 heterocycles. The maximum Gasteiger partial charge on any atom is 0.344 e. The smallest absolute Gasteiger partial charge is 0.344 e. The summed E-state index contributed by atoms with van der Waals surface area (Å²) in [6.45, 7) is 0. The number of carboxylic acids is 1. The SMILES string of the molecule is CS(=O)(=O)c1ccc(C2=C(c3ccccc3)C(=O)O/C2=C\C(=C(/C(=O)O)c2ccccc2)c2ccc(S(C)(=O)=O)cc2)cc1. The Labute approximate surface area is 255 Å². The van der Waals surface area contributed by atoms with Crippen molar-refractivity contribution in [3.63, 3.8) is 0 Å². The Morgan fingerprint density at radius 1 is 0.636 bits per heavy atom. The lowest BCUT2D eigenvalue weighted by Crippen LogP contribution is -2.04. The Morgan fingerprint density at radius 2 is 1.11 bits per heavy atom. The molecule has 222 valence electrons. The molecule has 10 heteroatoms. The van der Waals surface area contributed by atoms with E-state index in [-0.39, 0.29) is 32.3 Å². The van der Waals surface area contributed by atoms with Gasteiger partial charge >= 0.3 is 11.9 Å². The predicted molar refractivity (Wildman–Crippen MR) is 167 cm³/mol. The molecule has 0 unspecified atom stereocenters. The number of hydrogen-bond acceptors (Lipinski definition) is 7. The van der Waals surface area contributed by atoms with Crippen molar-refractivity contribution in [1.82, 2.24) is 0 Å². The topological polar surface area (TPSA) is 132 Å². The van der Waals surface area contributed by atoms with Crippen LogP contribution in [0.25, 0.3) is 22.3 Å². The van der Waals surface area contributed by atoms with Crippen molar-refractivity contribution in [3.8, 4) is 0 Å². The van der Waals surface area contributed by atoms with E-state index in [2.05, 4.69) is 0 Å². The van der Waals surface area contributed by atoms with Crippen LogP contribution in [0.5, 0.6) is 0 Å². The average Bonchev–Trinajstić information content (AvgIpc) is 3.32. The summed E-state index contributed by atoms with van der Waals surface area (Å²) < 4.78 is 54.3. The van der Waals surface area contributed by atoms with Crippen LogP contribution >= 0.6 is 0 Å². The summed E-state index contributed by atoms with van der Waals surface area (Å²) >= 11 is 0. The van der Waals surface area contributed by atoms with Gasteiger partial charge in [0.2, 0.25) is 0 Å². The van der Waals surface area contributed by atoms with Crippen LogP contribution in [0, 0.1) is 0 Å². The fourth-order valence-electron chi connectivity index (χ4n) is 4.86. The summed E-state index contributed by atoms with van der Waals surface area (Å²) in [7, 11) is -7.03. The second-order valence-electron chi connectivity index (χ2n) is 10.1. The van der Waals surface area contributed by atoms with E-state index >= 15 is 0 Å². The molecule has 5 rings (SSSR count). The third kappa shape index (κ3) is 6.31. The first-order valence-electron chi connectivity index (χ1n) is 13.2. The van der Waals surface area contributed by atoms with Crippen molar-refractivity contribution in [2.45, 2.75) is 9.79 Å². The number of benzene rings is 4. The molecule has 0 spiro atoms. The highest BCUT2D eigenvalue weighted by Gasteiger charge is 2.33. The van der Waals surface area contributed by atoms with Crippen LogP contribution in [0.3, 0.4) is 0 Å². The lowest BCUT2D eigenvalue weighted by molar-refractivity contribution is -0.131. The number of carbonyl (C=O) groups excluding carboxylic acids is 1. The molecule has 0 radical (unpaired) electrons. The van der Waals surface area contributed by atoms with Gasteiger partial charge in [0, 0.05) is 23.7 Å². The van der Waals surface area contributed by atoms with Crippen molar-refractivity contribution >= 4 is 53.9 Å². The molecule has 4 aromatic rings. The molecule has 0 atom stereocenters. The predicted octanol–water partition coefficient (Wildman–Crippen LogP) is 5.54. The summed E-state index contributed by atoms with van der Waals surface area (Å²) in [5.41, 5.74) is 2.35. The van der Waals surface area contributed by atoms with E-state index in [1.165, 1.54) is 42.5 Å². The van der Waals surface area contributed by atoms with Gasteiger partial charge < -0.3 is 9.84 Å². The number of aliphatic carboxylic acids is 1. The zero-order valence-electron chi connectivity index (χ0n) is 23.6. The van der Waals surface area contributed by atoms with Crippen molar-refractivity contribution in [2.75, 3.05) is 12.5 Å². The summed E-state index contributed by atoms with van der Waals surface area (Å²) in [6.07, 6.45) is 3.61. The summed E-state index contributed by atoms with van der Waals surface area (Å²) in [5, 5.41) is 10.4. The second-order valence-corrected chi connectivity index (χ2v) is 14.1. The van der Waals surface area contributed by atoms with Crippen LogP contribution in [-0.4, -0.2) is 46.4 Å². The van der Waals surface area contributed by atoms with Gasteiger partial charge in [0.15, 0.2) is 19.7 Å². The average molecular weight is 627 g/mol. The van der Waals surface area contributed by atoms with Gasteiger partial charge in [-0.25, -0.2) is 26.4 Å². The highest BCUT2D eigenvalue weighted by molar-refractivity contribution is 7.91. The lowest BCUT2D eigenvalue weighted by Gasteiger charge is -2.13. The third-order valence-corrected chi connectivity index (χ3v) is 9.21. The molecule has 0 saturated carbocycles. The first-order valence-corrected chi connectivity index (χ1v) is 17.0. The monoisotopic (exact) mass is 626 g/mol. The van der Waals surface area contributed by atoms with Gasteiger partial charge in [-0.05, 0) is 52.6 Å². The van der Waals surface area contributed by atoms with Gasteiger partial charge in [-0.15, -0.1) is 0 Å². The maximum absolute atomic E-state index is 13.4. The van der Waals surface area contributed by atoms with E-state index in [1.54, 1.807) is 72.8 Å². The van der Waals surface area contributed by atoms with Crippen LogP contribution in [0.15, 0.2) is 131 Å². The molecule has 1 aliphatic rings. The molecule has 0 bridgehead atoms.